The van der Waals surface area contributed by atoms with Crippen molar-refractivity contribution >= 4 is 22.2 Å². The number of nitrogens with zero attached hydrogens (tertiary/aromatic N) is 2. The lowest BCUT2D eigenvalue weighted by Crippen LogP contribution is -2.05. The van der Waals surface area contributed by atoms with Crippen molar-refractivity contribution in [3.8, 4) is 0 Å². The van der Waals surface area contributed by atoms with E-state index in [1.807, 2.05) is 6.92 Å². The predicted molar refractivity (Wildman–Crippen MR) is 70.3 cm³/mol. The predicted octanol–water partition coefficient (Wildman–Crippen LogP) is 3.26. The van der Waals surface area contributed by atoms with Crippen molar-refractivity contribution in [3.63, 3.8) is 0 Å². The minimum absolute atomic E-state index is 0.285. The second kappa shape index (κ2) is 5.02. The fraction of sp³-hybridized carbons (Fsp3) is 0.231. The number of aldehydes is 1. The summed E-state index contributed by atoms with van der Waals surface area (Å²) in [7, 11) is 0. The molecule has 0 aliphatic heterocycles. The molecule has 0 saturated heterocycles. The number of hydrogen-bond donors (Lipinski definition) is 0. The first-order valence-corrected chi connectivity index (χ1v) is 6.25. The van der Waals surface area contributed by atoms with E-state index in [0.29, 0.717) is 22.3 Å². The molecule has 0 amide bonds. The molecule has 2 rings (SSSR count). The molecule has 0 bridgehead atoms. The number of halogens is 2. The first-order valence-electron chi connectivity index (χ1n) is 5.46. The number of benzene rings is 1. The summed E-state index contributed by atoms with van der Waals surface area (Å²) in [6.07, 6.45) is 0.813. The smallest absolute Gasteiger partial charge is 0.153 e. The summed E-state index contributed by atoms with van der Waals surface area (Å²) in [4.78, 5) is 10.9. The Morgan fingerprint density at radius 2 is 2.17 bits per heavy atom. The molecule has 18 heavy (non-hydrogen) atoms. The number of aromatic nitrogens is 2. The fourth-order valence-electron chi connectivity index (χ4n) is 1.85. The van der Waals surface area contributed by atoms with Crippen LogP contribution >= 0.6 is 15.9 Å². The Hall–Kier alpha value is -1.49. The Morgan fingerprint density at radius 1 is 1.44 bits per heavy atom. The molecule has 0 aliphatic carbocycles. The Kier molecular flexibility index (Phi) is 3.61. The van der Waals surface area contributed by atoms with Gasteiger partial charge in [-0.15, -0.1) is 0 Å². The maximum absolute atomic E-state index is 13.0. The Morgan fingerprint density at radius 3 is 2.72 bits per heavy atom. The summed E-state index contributed by atoms with van der Waals surface area (Å²) in [5, 5.41) is 4.31. The first-order chi connectivity index (χ1) is 8.52. The fourth-order valence-corrected chi connectivity index (χ4v) is 2.32. The molecule has 0 spiro atoms. The largest absolute Gasteiger partial charge is 0.298 e. The second-order valence-corrected chi connectivity index (χ2v) is 4.95. The zero-order valence-corrected chi connectivity index (χ0v) is 11.7. The lowest BCUT2D eigenvalue weighted by molar-refractivity contribution is 0.112. The molecule has 3 nitrogen and oxygen atoms in total. The lowest BCUT2D eigenvalue weighted by atomic mass is 10.2. The third-order valence-corrected chi connectivity index (χ3v) is 3.63. The molecule has 1 aromatic carbocycles. The molecular weight excluding hydrogens is 299 g/mol. The standard InChI is InChI=1S/C13H12BrFN2O/c1-8-12(7-18)9(2)17(16-8)6-10-3-4-11(15)5-13(10)14/h3-5,7H,6H2,1-2H3. The normalized spacial score (nSPS) is 10.7. The van der Waals surface area contributed by atoms with E-state index in [9.17, 15) is 9.18 Å². The van der Waals surface area contributed by atoms with Crippen molar-refractivity contribution in [2.45, 2.75) is 20.4 Å². The van der Waals surface area contributed by atoms with Gasteiger partial charge < -0.3 is 0 Å². The van der Waals surface area contributed by atoms with Crippen LogP contribution in [0.1, 0.15) is 27.3 Å². The van der Waals surface area contributed by atoms with Gasteiger partial charge in [-0.3, -0.25) is 9.48 Å². The van der Waals surface area contributed by atoms with E-state index in [2.05, 4.69) is 21.0 Å². The molecule has 0 saturated carbocycles. The van der Waals surface area contributed by atoms with Gasteiger partial charge in [0.15, 0.2) is 6.29 Å². The summed E-state index contributed by atoms with van der Waals surface area (Å²) in [6.45, 7) is 4.15. The van der Waals surface area contributed by atoms with Crippen LogP contribution in [0.2, 0.25) is 0 Å². The van der Waals surface area contributed by atoms with Gasteiger partial charge in [0.05, 0.1) is 17.8 Å². The summed E-state index contributed by atoms with van der Waals surface area (Å²) < 4.78 is 15.4. The number of carbonyl (C=O) groups is 1. The zero-order valence-electron chi connectivity index (χ0n) is 10.1. The van der Waals surface area contributed by atoms with E-state index in [0.717, 1.165) is 17.5 Å². The highest BCUT2D eigenvalue weighted by Gasteiger charge is 2.11. The van der Waals surface area contributed by atoms with Crippen molar-refractivity contribution in [2.24, 2.45) is 0 Å². The van der Waals surface area contributed by atoms with Crippen LogP contribution in [-0.2, 0) is 6.54 Å². The number of aryl methyl sites for hydroxylation is 1. The van der Waals surface area contributed by atoms with Crippen molar-refractivity contribution in [1.82, 2.24) is 9.78 Å². The maximum atomic E-state index is 13.0. The number of rotatable bonds is 3. The molecule has 1 heterocycles. The Labute approximate surface area is 113 Å². The van der Waals surface area contributed by atoms with E-state index in [4.69, 9.17) is 0 Å². The van der Waals surface area contributed by atoms with Gasteiger partial charge in [-0.05, 0) is 31.5 Å². The lowest BCUT2D eigenvalue weighted by Gasteiger charge is -2.07. The zero-order chi connectivity index (χ0) is 13.3. The summed E-state index contributed by atoms with van der Waals surface area (Å²) in [5.41, 5.74) is 3.06. The third-order valence-electron chi connectivity index (χ3n) is 2.89. The monoisotopic (exact) mass is 310 g/mol. The van der Waals surface area contributed by atoms with Crippen LogP contribution in [0.15, 0.2) is 22.7 Å². The van der Waals surface area contributed by atoms with Crippen molar-refractivity contribution in [2.75, 3.05) is 0 Å². The van der Waals surface area contributed by atoms with Crippen molar-refractivity contribution < 1.29 is 9.18 Å². The van der Waals surface area contributed by atoms with Gasteiger partial charge in [-0.2, -0.15) is 5.10 Å². The molecule has 94 valence electrons. The second-order valence-electron chi connectivity index (χ2n) is 4.10. The van der Waals surface area contributed by atoms with Gasteiger partial charge in [0.25, 0.3) is 0 Å². The van der Waals surface area contributed by atoms with Crippen LogP contribution in [0.3, 0.4) is 0 Å². The van der Waals surface area contributed by atoms with Crippen LogP contribution in [-0.4, -0.2) is 16.1 Å². The van der Waals surface area contributed by atoms with Gasteiger partial charge in [0.2, 0.25) is 0 Å². The minimum atomic E-state index is -0.285. The molecule has 0 radical (unpaired) electrons. The van der Waals surface area contributed by atoms with E-state index in [-0.39, 0.29) is 5.82 Å². The minimum Gasteiger partial charge on any atom is -0.298 e. The summed E-state index contributed by atoms with van der Waals surface area (Å²) in [6, 6.07) is 4.53. The van der Waals surface area contributed by atoms with Gasteiger partial charge in [0.1, 0.15) is 5.82 Å². The molecule has 0 N–H and O–H groups in total. The van der Waals surface area contributed by atoms with Crippen LogP contribution in [0.25, 0.3) is 0 Å². The van der Waals surface area contributed by atoms with Crippen LogP contribution in [0, 0.1) is 19.7 Å². The molecule has 0 atom stereocenters. The van der Waals surface area contributed by atoms with Gasteiger partial charge in [-0.1, -0.05) is 22.0 Å². The number of carbonyl (C=O) groups excluding carboxylic acids is 1. The average molecular weight is 311 g/mol. The Balaban J connectivity index is 2.37. The molecule has 5 heteroatoms. The molecule has 0 aliphatic rings. The highest BCUT2D eigenvalue weighted by Crippen LogP contribution is 2.20. The van der Waals surface area contributed by atoms with Crippen LogP contribution in [0.5, 0.6) is 0 Å². The molecular formula is C13H12BrFN2O. The van der Waals surface area contributed by atoms with E-state index < -0.39 is 0 Å². The van der Waals surface area contributed by atoms with Gasteiger partial charge in [0, 0.05) is 10.2 Å². The number of hydrogen-bond acceptors (Lipinski definition) is 2. The summed E-state index contributed by atoms with van der Waals surface area (Å²) >= 11 is 3.32. The van der Waals surface area contributed by atoms with Gasteiger partial charge in [-0.25, -0.2) is 4.39 Å². The SMILES string of the molecule is Cc1nn(Cc2ccc(F)cc2Br)c(C)c1C=O. The first kappa shape index (κ1) is 13.0. The quantitative estimate of drug-likeness (QED) is 0.816. The Bertz CT molecular complexity index is 607. The topological polar surface area (TPSA) is 34.9 Å². The van der Waals surface area contributed by atoms with E-state index in [1.165, 1.54) is 12.1 Å². The summed E-state index contributed by atoms with van der Waals surface area (Å²) in [5.74, 6) is -0.285. The molecule has 2 aromatic rings. The van der Waals surface area contributed by atoms with E-state index in [1.54, 1.807) is 17.7 Å². The highest BCUT2D eigenvalue weighted by atomic mass is 79.9. The van der Waals surface area contributed by atoms with Crippen LogP contribution in [0.4, 0.5) is 4.39 Å². The van der Waals surface area contributed by atoms with Crippen LogP contribution < -0.4 is 0 Å². The maximum Gasteiger partial charge on any atom is 0.153 e. The van der Waals surface area contributed by atoms with Gasteiger partial charge >= 0.3 is 0 Å². The molecule has 0 unspecified atom stereocenters. The van der Waals surface area contributed by atoms with Crippen molar-refractivity contribution in [1.29, 1.82) is 0 Å². The van der Waals surface area contributed by atoms with Crippen molar-refractivity contribution in [3.05, 3.63) is 51.0 Å². The average Bonchev–Trinajstić information content (AvgIpc) is 2.58. The third kappa shape index (κ3) is 2.36. The molecule has 1 aromatic heterocycles. The van der Waals surface area contributed by atoms with E-state index >= 15 is 0 Å². The molecule has 0 fully saturated rings. The highest BCUT2D eigenvalue weighted by molar-refractivity contribution is 9.10.